The van der Waals surface area contributed by atoms with E-state index in [1.807, 2.05) is 72.9 Å². The first kappa shape index (κ1) is 102. The van der Waals surface area contributed by atoms with Gasteiger partial charge in [0.1, 0.15) is 11.4 Å². The quantitative estimate of drug-likeness (QED) is 0.0433. The Balaban J connectivity index is 0.000000133. The first-order valence-electron chi connectivity index (χ1n) is 46.5. The Kier molecular flexibility index (Phi) is 40.9. The van der Waals surface area contributed by atoms with Crippen molar-refractivity contribution in [2.75, 3.05) is 26.4 Å². The van der Waals surface area contributed by atoms with E-state index in [4.69, 9.17) is 14.5 Å². The molecule has 2 fully saturated rings. The molecule has 2 unspecified atom stereocenters. The fourth-order valence-electron chi connectivity index (χ4n) is 16.6. The molecule has 0 aliphatic carbocycles. The van der Waals surface area contributed by atoms with Gasteiger partial charge >= 0.3 is 124 Å². The van der Waals surface area contributed by atoms with Crippen molar-refractivity contribution in [3.63, 3.8) is 0 Å². The van der Waals surface area contributed by atoms with Crippen LogP contribution in [0.1, 0.15) is 83.3 Å². The van der Waals surface area contributed by atoms with Crippen molar-refractivity contribution < 1.29 is 39.5 Å². The molecular weight excluding hydrogens is 1990 g/mol. The van der Waals surface area contributed by atoms with E-state index in [-0.39, 0.29) is 32.2 Å². The molecule has 2 spiro atoms. The summed E-state index contributed by atoms with van der Waals surface area (Å²) in [6, 6.07) is 157. The van der Waals surface area contributed by atoms with Gasteiger partial charge in [0, 0.05) is 60.6 Å². The van der Waals surface area contributed by atoms with Gasteiger partial charge in [0.25, 0.3) is 11.8 Å². The average Bonchev–Trinajstić information content (AvgIpc) is 1.63. The number of hydrogen-bond donors (Lipinski definition) is 2. The fourth-order valence-corrected chi connectivity index (χ4v) is 41.6. The van der Waals surface area contributed by atoms with E-state index in [0.717, 1.165) is 39.7 Å². The molecule has 20 rings (SSSR count). The number of aliphatic imine (C=N–C) groups is 2. The first-order valence-corrected chi connectivity index (χ1v) is 60.2. The van der Waals surface area contributed by atoms with Gasteiger partial charge in [-0.25, -0.2) is 9.98 Å². The second-order valence-corrected chi connectivity index (χ2v) is 55.8. The second kappa shape index (κ2) is 54.3. The number of pyridine rings is 2. The molecule has 2 aromatic heterocycles. The minimum atomic E-state index is -2.21. The Morgan fingerprint density at radius 2 is 0.526 bits per heavy atom. The number of halogens is 1. The molecule has 2 N–H and O–H groups in total. The number of amides is 2. The molecular formula is C118H117BrN6O4P4PdSn. The van der Waals surface area contributed by atoms with Gasteiger partial charge in [-0.1, -0.05) is 422 Å². The van der Waals surface area contributed by atoms with E-state index in [1.165, 1.54) is 115 Å². The molecule has 2 atom stereocenters. The van der Waals surface area contributed by atoms with Crippen LogP contribution >= 0.6 is 47.6 Å². The summed E-state index contributed by atoms with van der Waals surface area (Å²) in [5.41, 5.74) is 3.51. The molecule has 0 bridgehead atoms. The van der Waals surface area contributed by atoms with Crippen LogP contribution in [0.15, 0.2) is 476 Å². The molecule has 684 valence electrons. The number of rotatable bonds is 25. The molecule has 135 heavy (non-hydrogen) atoms. The standard InChI is InChI=1S/4C18H15P.C17H15N3O2.C12H11BrN2O2.C5H4N.3C4H9.Pd.Sn/c4*1-4-10-16(11-5-1)19(17-12-6-2-7-13-17)18-14-8-3-9-15-18;21-16-15(19-17(20-16)8-10-22-11-17)13-6-4-12(5-7-13)14-3-1-2-9-18-14;13-9-3-1-8(2-4-9)10-11(16)15-12(14-10)5-6-17-7-12;1-2-4-6-5-3-1;3*1-3-4-2;;/h4*1-15H;1-7,9H,8,10-11H2,(H,20,21);1-4H,5-7H2,(H,15,16);1-4H;3*1,3-4H2,2H3;;. The molecule has 17 heteroatoms. The number of aromatic nitrogens is 2. The van der Waals surface area contributed by atoms with E-state index in [2.05, 4.69) is 444 Å². The average molecular weight is 2110 g/mol. The maximum Gasteiger partial charge on any atom is 0.272 e. The zero-order chi connectivity index (χ0) is 92.5. The summed E-state index contributed by atoms with van der Waals surface area (Å²) in [6.45, 7) is 9.19. The van der Waals surface area contributed by atoms with E-state index in [0.29, 0.717) is 37.9 Å². The minimum Gasteiger partial charge on any atom is -0.377 e. The van der Waals surface area contributed by atoms with Crippen molar-refractivity contribution in [1.82, 2.24) is 20.6 Å². The predicted molar refractivity (Wildman–Crippen MR) is 579 cm³/mol. The smallest absolute Gasteiger partial charge is 0.272 e. The van der Waals surface area contributed by atoms with Crippen LogP contribution in [0.2, 0.25) is 13.3 Å². The number of ether oxygens (including phenoxy) is 2. The molecule has 2 amide bonds. The summed E-state index contributed by atoms with van der Waals surface area (Å²) in [5, 5.41) is 22.6. The van der Waals surface area contributed by atoms with Gasteiger partial charge in [0.15, 0.2) is 11.3 Å². The molecule has 2 saturated heterocycles. The van der Waals surface area contributed by atoms with Crippen LogP contribution in [0.3, 0.4) is 0 Å². The van der Waals surface area contributed by atoms with Crippen LogP contribution in [0.5, 0.6) is 0 Å². The third-order valence-electron chi connectivity index (χ3n) is 23.4. The van der Waals surface area contributed by atoms with Crippen molar-refractivity contribution in [3.05, 3.63) is 477 Å². The van der Waals surface area contributed by atoms with Gasteiger partial charge in [-0.2, -0.15) is 0 Å². The molecule has 4 aliphatic rings. The summed E-state index contributed by atoms with van der Waals surface area (Å²) >= 11 is 1.16. The zero-order valence-corrected chi connectivity index (χ0v) is 86.5. The molecule has 14 aromatic carbocycles. The Morgan fingerprint density at radius 3 is 0.741 bits per heavy atom. The third-order valence-corrected chi connectivity index (χ3v) is 48.9. The Bertz CT molecular complexity index is 5310. The van der Waals surface area contributed by atoms with Crippen LogP contribution < -0.4 is 78.0 Å². The Labute approximate surface area is 830 Å². The van der Waals surface area contributed by atoms with E-state index >= 15 is 0 Å². The molecule has 0 radical (unpaired) electrons. The van der Waals surface area contributed by atoms with Gasteiger partial charge < -0.3 is 20.1 Å². The van der Waals surface area contributed by atoms with Crippen LogP contribution in [-0.2, 0) is 39.5 Å². The molecule has 0 saturated carbocycles. The van der Waals surface area contributed by atoms with Crippen LogP contribution in [0, 0.1) is 0 Å². The number of carbonyl (C=O) groups excluding carboxylic acids is 2. The van der Waals surface area contributed by atoms with Crippen LogP contribution in [0.4, 0.5) is 0 Å². The number of nitrogens with one attached hydrogen (secondary N) is 2. The number of benzene rings is 14. The maximum atomic E-state index is 12.2. The number of hydrogen-bond acceptors (Lipinski definition) is 8. The Morgan fingerprint density at radius 1 is 0.296 bits per heavy atom. The van der Waals surface area contributed by atoms with E-state index in [9.17, 15) is 9.59 Å². The van der Waals surface area contributed by atoms with Crippen molar-refractivity contribution in [1.29, 1.82) is 0 Å². The molecule has 16 aromatic rings. The van der Waals surface area contributed by atoms with Gasteiger partial charge in [-0.3, -0.25) is 14.6 Å². The topological polar surface area (TPSA) is 127 Å². The van der Waals surface area contributed by atoms with E-state index < -0.39 is 61.4 Å². The van der Waals surface area contributed by atoms with Crippen molar-refractivity contribution in [3.8, 4) is 11.3 Å². The van der Waals surface area contributed by atoms with E-state index in [1.54, 1.807) is 9.91 Å². The first-order chi connectivity index (χ1) is 66.0. The summed E-state index contributed by atoms with van der Waals surface area (Å²) in [4.78, 5) is 42.3. The number of carbonyl (C=O) groups is 2. The summed E-state index contributed by atoms with van der Waals surface area (Å²) in [7, 11) is -1.78. The maximum absolute atomic E-state index is 12.2. The van der Waals surface area contributed by atoms with Crippen LogP contribution in [-0.4, -0.2) is 89.3 Å². The molecule has 6 heterocycles. The third kappa shape index (κ3) is 29.4. The van der Waals surface area contributed by atoms with Gasteiger partial charge in [0.2, 0.25) is 0 Å². The predicted octanol–water partition coefficient (Wildman–Crippen LogP) is 22.2. The fraction of sp³-hybridized carbons (Fsp3) is 0.169. The van der Waals surface area contributed by atoms with Crippen molar-refractivity contribution >= 4 is 157 Å². The largest absolute Gasteiger partial charge is 0.377 e. The summed E-state index contributed by atoms with van der Waals surface area (Å²) in [5.74, 6) is -0.242. The van der Waals surface area contributed by atoms with Gasteiger partial charge in [-0.05, 0) is 120 Å². The summed E-state index contributed by atoms with van der Waals surface area (Å²) < 4.78 is 17.7. The van der Waals surface area contributed by atoms with Crippen LogP contribution in [0.25, 0.3) is 11.3 Å². The van der Waals surface area contributed by atoms with Crippen molar-refractivity contribution in [2.45, 2.75) is 96.8 Å². The summed E-state index contributed by atoms with van der Waals surface area (Å²) in [6.07, 6.45) is 13.5. The SMILES string of the molecule is CCC[CH2][Sn]([CH2]CCC)([CH2]CCC)[c]1ccccn1.O=C1NC2(CCOC2)N=C1c1ccc(-c2ccccn2)cc1.O=C1NC2(CCOC2)N=C1c1ccc(Br)cc1.[Pd].c1ccc(P(c2ccccc2)c2ccccc2)cc1.c1ccc(P(c2ccccc2)c2ccccc2)cc1.c1ccc(P(c2ccccc2)c2ccccc2)cc1.c1ccc(P(c2ccccc2)c2ccccc2)cc1. The number of nitrogens with zero attached hydrogens (tertiary/aromatic N) is 4. The zero-order valence-electron chi connectivity index (χ0n) is 76.9. The molecule has 10 nitrogen and oxygen atoms in total. The number of unbranched alkanes of at least 4 members (excludes halogenated alkanes) is 3. The van der Waals surface area contributed by atoms with Crippen molar-refractivity contribution in [2.24, 2.45) is 9.98 Å². The van der Waals surface area contributed by atoms with Gasteiger partial charge in [0.05, 0.1) is 32.1 Å². The Hall–Kier alpha value is -10.8. The van der Waals surface area contributed by atoms with Gasteiger partial charge in [-0.15, -0.1) is 0 Å². The normalized spacial score (nSPS) is 14.9. The second-order valence-electron chi connectivity index (χ2n) is 33.0. The monoisotopic (exact) mass is 2110 g/mol. The molecule has 4 aliphatic heterocycles. The minimum absolute atomic E-state index is 0.